The summed E-state index contributed by atoms with van der Waals surface area (Å²) < 4.78 is 19.3. The fourth-order valence-corrected chi connectivity index (χ4v) is 4.24. The van der Waals surface area contributed by atoms with E-state index in [9.17, 15) is 5.11 Å². The average Bonchev–Trinajstić information content (AvgIpc) is 3.64. The number of hydrogen-bond acceptors (Lipinski definition) is 6. The molecular weight excluding hydrogens is 442 g/mol. The zero-order valence-electron chi connectivity index (χ0n) is 21.0. The quantitative estimate of drug-likeness (QED) is 0.357. The third kappa shape index (κ3) is 6.84. The van der Waals surface area contributed by atoms with Crippen LogP contribution in [-0.4, -0.2) is 59.3 Å². The Hall–Kier alpha value is -2.87. The van der Waals surface area contributed by atoms with Gasteiger partial charge in [0.25, 0.3) is 0 Å². The third-order valence-electron chi connectivity index (χ3n) is 6.19. The second-order valence-corrected chi connectivity index (χ2v) is 9.06. The molecule has 7 heteroatoms. The van der Waals surface area contributed by atoms with E-state index in [4.69, 9.17) is 19.3 Å². The molecule has 1 aromatic heterocycles. The summed E-state index contributed by atoms with van der Waals surface area (Å²) in [4.78, 5) is 2.32. The fourth-order valence-electron chi connectivity index (χ4n) is 4.24. The second-order valence-electron chi connectivity index (χ2n) is 9.06. The molecule has 1 N–H and O–H groups in total. The van der Waals surface area contributed by atoms with Crippen LogP contribution in [0.15, 0.2) is 54.6 Å². The first-order valence-corrected chi connectivity index (χ1v) is 12.6. The normalized spacial score (nSPS) is 14.3. The van der Waals surface area contributed by atoms with Crippen LogP contribution in [0.5, 0.6) is 17.4 Å². The molecule has 0 unspecified atom stereocenters. The largest absolute Gasteiger partial charge is 0.497 e. The van der Waals surface area contributed by atoms with E-state index in [1.807, 2.05) is 66.2 Å². The summed E-state index contributed by atoms with van der Waals surface area (Å²) in [6.45, 7) is 7.15. The molecule has 0 aliphatic heterocycles. The van der Waals surface area contributed by atoms with Crippen LogP contribution in [-0.2, 0) is 17.7 Å². The van der Waals surface area contributed by atoms with Gasteiger partial charge in [-0.25, -0.2) is 4.68 Å². The first-order valence-electron chi connectivity index (χ1n) is 12.6. The van der Waals surface area contributed by atoms with Crippen LogP contribution in [0.2, 0.25) is 0 Å². The molecule has 0 saturated heterocycles. The van der Waals surface area contributed by atoms with E-state index < -0.39 is 6.10 Å². The summed E-state index contributed by atoms with van der Waals surface area (Å²) in [5.74, 6) is 2.81. The maximum absolute atomic E-state index is 10.6. The Balaban J connectivity index is 1.69. The number of aryl methyl sites for hydroxylation is 1. The van der Waals surface area contributed by atoms with Crippen LogP contribution < -0.4 is 9.47 Å². The van der Waals surface area contributed by atoms with Crippen molar-refractivity contribution in [1.82, 2.24) is 14.7 Å². The molecular formula is C28H37N3O4. The van der Waals surface area contributed by atoms with Crippen molar-refractivity contribution in [2.24, 2.45) is 5.92 Å². The number of benzene rings is 2. The number of para-hydroxylation sites is 1. The number of aliphatic hydroxyl groups is 1. The van der Waals surface area contributed by atoms with Gasteiger partial charge in [-0.3, -0.25) is 4.90 Å². The number of aromatic nitrogens is 2. The highest BCUT2D eigenvalue weighted by molar-refractivity contribution is 5.44. The highest BCUT2D eigenvalue weighted by Crippen LogP contribution is 2.35. The monoisotopic (exact) mass is 479 g/mol. The summed E-state index contributed by atoms with van der Waals surface area (Å²) in [6.07, 6.45) is 2.73. The predicted molar refractivity (Wildman–Crippen MR) is 137 cm³/mol. The van der Waals surface area contributed by atoms with Crippen LogP contribution in [0.1, 0.15) is 37.9 Å². The smallest absolute Gasteiger partial charge is 0.227 e. The van der Waals surface area contributed by atoms with Gasteiger partial charge in [-0.1, -0.05) is 31.2 Å². The number of rotatable bonds is 14. The number of hydrogen-bond donors (Lipinski definition) is 1. The van der Waals surface area contributed by atoms with Crippen LogP contribution in [0, 0.1) is 5.92 Å². The molecule has 3 aromatic rings. The molecule has 1 saturated carbocycles. The van der Waals surface area contributed by atoms with Crippen molar-refractivity contribution in [2.75, 3.05) is 33.4 Å². The molecule has 7 nitrogen and oxygen atoms in total. The van der Waals surface area contributed by atoms with Crippen LogP contribution in [0.4, 0.5) is 0 Å². The minimum Gasteiger partial charge on any atom is -0.497 e. The molecule has 1 heterocycles. The lowest BCUT2D eigenvalue weighted by atomic mass is 10.1. The van der Waals surface area contributed by atoms with Crippen molar-refractivity contribution in [1.29, 1.82) is 0 Å². The predicted octanol–water partition coefficient (Wildman–Crippen LogP) is 4.85. The van der Waals surface area contributed by atoms with Crippen molar-refractivity contribution in [3.8, 4) is 23.1 Å². The summed E-state index contributed by atoms with van der Waals surface area (Å²) in [5.41, 5.74) is 2.98. The summed E-state index contributed by atoms with van der Waals surface area (Å²) in [6, 6.07) is 17.7. The van der Waals surface area contributed by atoms with Crippen LogP contribution >= 0.6 is 0 Å². The SMILES string of the molecule is CCOC[C@@H](O)CN(Cc1c(CC)nn(-c2ccccc2)c1Oc1cccc(OC)c1)CC1CC1. The van der Waals surface area contributed by atoms with Gasteiger partial charge in [-0.05, 0) is 56.4 Å². The van der Waals surface area contributed by atoms with E-state index in [1.165, 1.54) is 12.8 Å². The number of aliphatic hydroxyl groups excluding tert-OH is 1. The van der Waals surface area contributed by atoms with Gasteiger partial charge in [0.05, 0.1) is 36.8 Å². The van der Waals surface area contributed by atoms with Gasteiger partial charge in [-0.15, -0.1) is 0 Å². The summed E-state index contributed by atoms with van der Waals surface area (Å²) in [5, 5.41) is 15.6. The Bertz CT molecular complexity index is 1070. The fraction of sp³-hybridized carbons (Fsp3) is 0.464. The Morgan fingerprint density at radius 3 is 2.54 bits per heavy atom. The first-order chi connectivity index (χ1) is 17.1. The molecule has 0 amide bonds. The first kappa shape index (κ1) is 25.2. The molecule has 2 aromatic carbocycles. The molecule has 35 heavy (non-hydrogen) atoms. The van der Waals surface area contributed by atoms with E-state index in [2.05, 4.69) is 11.8 Å². The molecule has 1 fully saturated rings. The van der Waals surface area contributed by atoms with E-state index in [0.29, 0.717) is 43.9 Å². The van der Waals surface area contributed by atoms with Crippen molar-refractivity contribution in [3.05, 3.63) is 65.9 Å². The lowest BCUT2D eigenvalue weighted by molar-refractivity contribution is 0.0186. The molecule has 0 bridgehead atoms. The third-order valence-corrected chi connectivity index (χ3v) is 6.19. The van der Waals surface area contributed by atoms with Gasteiger partial charge in [0, 0.05) is 32.3 Å². The van der Waals surface area contributed by atoms with E-state index in [0.717, 1.165) is 35.7 Å². The minimum atomic E-state index is -0.536. The summed E-state index contributed by atoms with van der Waals surface area (Å²) in [7, 11) is 1.65. The molecule has 4 rings (SSSR count). The standard InChI is InChI=1S/C28H37N3O4/c1-4-27-26(19-30(17-21-14-15-21)18-23(32)20-34-5-2)28(31(29-27)22-10-7-6-8-11-22)35-25-13-9-12-24(16-25)33-3/h6-13,16,21,23,32H,4-5,14-15,17-20H2,1-3H3/t23-/m0/s1. The number of ether oxygens (including phenoxy) is 3. The number of methoxy groups -OCH3 is 1. The van der Waals surface area contributed by atoms with Crippen molar-refractivity contribution < 1.29 is 19.3 Å². The Kier molecular flexibility index (Phi) is 8.79. The molecule has 1 atom stereocenters. The second kappa shape index (κ2) is 12.2. The Morgan fingerprint density at radius 1 is 1.09 bits per heavy atom. The van der Waals surface area contributed by atoms with Crippen LogP contribution in [0.3, 0.4) is 0 Å². The average molecular weight is 480 g/mol. The van der Waals surface area contributed by atoms with Crippen molar-refractivity contribution in [2.45, 2.75) is 45.8 Å². The van der Waals surface area contributed by atoms with Gasteiger partial charge in [0.2, 0.25) is 5.88 Å². The molecule has 188 valence electrons. The van der Waals surface area contributed by atoms with Gasteiger partial charge in [0.15, 0.2) is 0 Å². The number of nitrogens with zero attached hydrogens (tertiary/aromatic N) is 3. The maximum atomic E-state index is 10.6. The van der Waals surface area contributed by atoms with Crippen LogP contribution in [0.25, 0.3) is 5.69 Å². The zero-order chi connectivity index (χ0) is 24.6. The van der Waals surface area contributed by atoms with Crippen molar-refractivity contribution >= 4 is 0 Å². The highest BCUT2D eigenvalue weighted by Gasteiger charge is 2.28. The van der Waals surface area contributed by atoms with E-state index in [-0.39, 0.29) is 0 Å². The van der Waals surface area contributed by atoms with Crippen molar-refractivity contribution in [3.63, 3.8) is 0 Å². The Labute approximate surface area is 208 Å². The van der Waals surface area contributed by atoms with Gasteiger partial charge in [-0.2, -0.15) is 5.10 Å². The maximum Gasteiger partial charge on any atom is 0.227 e. The van der Waals surface area contributed by atoms with Gasteiger partial charge >= 0.3 is 0 Å². The van der Waals surface area contributed by atoms with Gasteiger partial charge < -0.3 is 19.3 Å². The van der Waals surface area contributed by atoms with E-state index >= 15 is 0 Å². The zero-order valence-corrected chi connectivity index (χ0v) is 21.0. The molecule has 1 aliphatic rings. The van der Waals surface area contributed by atoms with E-state index in [1.54, 1.807) is 7.11 Å². The molecule has 0 spiro atoms. The Morgan fingerprint density at radius 2 is 1.86 bits per heavy atom. The highest BCUT2D eigenvalue weighted by atomic mass is 16.5. The minimum absolute atomic E-state index is 0.342. The molecule has 1 aliphatic carbocycles. The summed E-state index contributed by atoms with van der Waals surface area (Å²) >= 11 is 0. The molecule has 0 radical (unpaired) electrons. The topological polar surface area (TPSA) is 69.0 Å². The lowest BCUT2D eigenvalue weighted by Crippen LogP contribution is -2.36. The lowest BCUT2D eigenvalue weighted by Gasteiger charge is -2.25. The van der Waals surface area contributed by atoms with Gasteiger partial charge in [0.1, 0.15) is 11.5 Å².